The molecule has 0 radical (unpaired) electrons. The number of nitrogens with two attached hydrogens (primary N) is 1. The van der Waals surface area contributed by atoms with E-state index in [0.717, 1.165) is 0 Å². The van der Waals surface area contributed by atoms with E-state index in [1.165, 1.54) is 10.9 Å². The van der Waals surface area contributed by atoms with E-state index in [1.54, 1.807) is 19.2 Å². The predicted molar refractivity (Wildman–Crippen MR) is 67.0 cm³/mol. The number of nitrogens with zero attached hydrogens (tertiary/aromatic N) is 2. The zero-order valence-electron chi connectivity index (χ0n) is 9.47. The highest BCUT2D eigenvalue weighted by atomic mass is 16.3. The van der Waals surface area contributed by atoms with Crippen molar-refractivity contribution in [2.75, 3.05) is 24.2 Å². The number of nitrogens with one attached hydrogen (secondary N) is 1. The molecule has 0 unspecified atom stereocenters. The Bertz CT molecular complexity index is 606. The average Bonchev–Trinajstić information content (AvgIpc) is 2.32. The molecule has 90 valence electrons. The maximum Gasteiger partial charge on any atom is 0.260 e. The van der Waals surface area contributed by atoms with Crippen molar-refractivity contribution in [3.8, 4) is 0 Å². The number of anilines is 2. The summed E-state index contributed by atoms with van der Waals surface area (Å²) in [5.74, 6) is 0. The third-order valence-corrected chi connectivity index (χ3v) is 2.52. The van der Waals surface area contributed by atoms with E-state index in [9.17, 15) is 4.79 Å². The zero-order chi connectivity index (χ0) is 12.4. The van der Waals surface area contributed by atoms with Crippen LogP contribution in [0.3, 0.4) is 0 Å². The van der Waals surface area contributed by atoms with Crippen molar-refractivity contribution in [2.45, 2.75) is 0 Å². The van der Waals surface area contributed by atoms with E-state index in [4.69, 9.17) is 10.8 Å². The fourth-order valence-electron chi connectivity index (χ4n) is 1.62. The third kappa shape index (κ3) is 2.07. The Labute approximate surface area is 97.7 Å². The monoisotopic (exact) mass is 234 g/mol. The second-order valence-electron chi connectivity index (χ2n) is 3.77. The topological polar surface area (TPSA) is 93.2 Å². The predicted octanol–water partition coefficient (Wildman–Crippen LogP) is -0.0801. The molecule has 0 bridgehead atoms. The van der Waals surface area contributed by atoms with Crippen molar-refractivity contribution < 1.29 is 5.11 Å². The van der Waals surface area contributed by atoms with E-state index in [0.29, 0.717) is 28.8 Å². The highest BCUT2D eigenvalue weighted by Crippen LogP contribution is 2.22. The summed E-state index contributed by atoms with van der Waals surface area (Å²) in [5.41, 5.74) is 7.42. The first-order valence-corrected chi connectivity index (χ1v) is 5.23. The van der Waals surface area contributed by atoms with Gasteiger partial charge in [-0.15, -0.1) is 0 Å². The maximum atomic E-state index is 11.8. The summed E-state index contributed by atoms with van der Waals surface area (Å²) < 4.78 is 1.41. The lowest BCUT2D eigenvalue weighted by atomic mass is 10.2. The van der Waals surface area contributed by atoms with Gasteiger partial charge in [0.15, 0.2) is 0 Å². The number of aliphatic hydroxyl groups excluding tert-OH is 1. The molecule has 4 N–H and O–H groups in total. The van der Waals surface area contributed by atoms with Crippen LogP contribution in [0.2, 0.25) is 0 Å². The number of aromatic nitrogens is 2. The van der Waals surface area contributed by atoms with Gasteiger partial charge in [-0.1, -0.05) is 0 Å². The summed E-state index contributed by atoms with van der Waals surface area (Å²) in [5, 5.41) is 12.2. The van der Waals surface area contributed by atoms with Crippen molar-refractivity contribution in [1.29, 1.82) is 0 Å². The van der Waals surface area contributed by atoms with E-state index in [2.05, 4.69) is 10.3 Å². The summed E-state index contributed by atoms with van der Waals surface area (Å²) in [6, 6.07) is 3.31. The highest BCUT2D eigenvalue weighted by molar-refractivity contribution is 5.88. The Morgan fingerprint density at radius 3 is 3.00 bits per heavy atom. The van der Waals surface area contributed by atoms with Gasteiger partial charge in [0.1, 0.15) is 0 Å². The molecule has 0 amide bonds. The number of aliphatic hydroxyl groups is 1. The molecule has 6 heteroatoms. The summed E-state index contributed by atoms with van der Waals surface area (Å²) in [4.78, 5) is 16.0. The first-order valence-electron chi connectivity index (χ1n) is 5.23. The molecule has 0 aliphatic heterocycles. The number of hydrogen-bond donors (Lipinski definition) is 3. The average molecular weight is 234 g/mol. The van der Waals surface area contributed by atoms with Crippen molar-refractivity contribution in [3.05, 3.63) is 28.8 Å². The van der Waals surface area contributed by atoms with E-state index >= 15 is 0 Å². The number of aryl methyl sites for hydroxylation is 1. The number of nitrogen functional groups attached to an aromatic ring is 1. The Kier molecular flexibility index (Phi) is 2.97. The number of fused-ring (bicyclic) bond motifs is 1. The quantitative estimate of drug-likeness (QED) is 0.646. The van der Waals surface area contributed by atoms with Gasteiger partial charge in [-0.05, 0) is 12.1 Å². The molecular formula is C11H14N4O2. The van der Waals surface area contributed by atoms with Crippen LogP contribution in [-0.4, -0.2) is 27.8 Å². The van der Waals surface area contributed by atoms with Gasteiger partial charge in [-0.3, -0.25) is 4.79 Å². The Morgan fingerprint density at radius 2 is 2.29 bits per heavy atom. The molecule has 0 saturated heterocycles. The maximum absolute atomic E-state index is 11.8. The lowest BCUT2D eigenvalue weighted by Crippen LogP contribution is -2.17. The van der Waals surface area contributed by atoms with Crippen molar-refractivity contribution >= 4 is 22.3 Å². The number of rotatable bonds is 3. The van der Waals surface area contributed by atoms with E-state index in [-0.39, 0.29) is 12.2 Å². The molecule has 0 aliphatic carbocycles. The minimum absolute atomic E-state index is 0.0153. The molecular weight excluding hydrogens is 220 g/mol. The fraction of sp³-hybridized carbons (Fsp3) is 0.273. The minimum atomic E-state index is -0.129. The smallest absolute Gasteiger partial charge is 0.260 e. The molecule has 6 nitrogen and oxygen atoms in total. The Hall–Kier alpha value is -2.08. The number of hydrogen-bond acceptors (Lipinski definition) is 5. The van der Waals surface area contributed by atoms with Gasteiger partial charge in [0, 0.05) is 13.6 Å². The van der Waals surface area contributed by atoms with Crippen molar-refractivity contribution in [1.82, 2.24) is 9.55 Å². The molecule has 0 fully saturated rings. The van der Waals surface area contributed by atoms with Crippen LogP contribution in [0.25, 0.3) is 10.9 Å². The van der Waals surface area contributed by atoms with Crippen LogP contribution in [0.4, 0.5) is 11.4 Å². The molecule has 1 aromatic carbocycles. The van der Waals surface area contributed by atoms with Gasteiger partial charge in [0.2, 0.25) is 0 Å². The van der Waals surface area contributed by atoms with Crippen LogP contribution in [0, 0.1) is 0 Å². The number of benzene rings is 1. The minimum Gasteiger partial charge on any atom is -0.397 e. The fourth-order valence-corrected chi connectivity index (χ4v) is 1.62. The molecule has 2 rings (SSSR count). The molecule has 2 aromatic rings. The van der Waals surface area contributed by atoms with Gasteiger partial charge in [-0.25, -0.2) is 4.98 Å². The van der Waals surface area contributed by atoms with Crippen LogP contribution in [-0.2, 0) is 7.05 Å². The van der Waals surface area contributed by atoms with Crippen molar-refractivity contribution in [3.63, 3.8) is 0 Å². The van der Waals surface area contributed by atoms with Crippen LogP contribution in [0.1, 0.15) is 0 Å². The molecule has 0 spiro atoms. The van der Waals surface area contributed by atoms with Gasteiger partial charge >= 0.3 is 0 Å². The van der Waals surface area contributed by atoms with Crippen LogP contribution >= 0.6 is 0 Å². The second-order valence-corrected chi connectivity index (χ2v) is 3.77. The zero-order valence-corrected chi connectivity index (χ0v) is 9.47. The largest absolute Gasteiger partial charge is 0.397 e. The standard InChI is InChI=1S/C11H14N4O2/c1-15-6-14-9-5-10(13-2-3-16)8(12)4-7(9)11(15)17/h4-6,13,16H,2-3,12H2,1H3. The summed E-state index contributed by atoms with van der Waals surface area (Å²) in [6.07, 6.45) is 1.47. The van der Waals surface area contributed by atoms with Gasteiger partial charge in [0.25, 0.3) is 5.56 Å². The normalized spacial score (nSPS) is 10.7. The lowest BCUT2D eigenvalue weighted by molar-refractivity contribution is 0.311. The molecule has 17 heavy (non-hydrogen) atoms. The van der Waals surface area contributed by atoms with Gasteiger partial charge in [0.05, 0.1) is 35.2 Å². The van der Waals surface area contributed by atoms with Gasteiger partial charge < -0.3 is 20.7 Å². The Morgan fingerprint density at radius 1 is 1.53 bits per heavy atom. The van der Waals surface area contributed by atoms with Crippen LogP contribution < -0.4 is 16.6 Å². The Balaban J connectivity index is 2.58. The first kappa shape index (κ1) is 11.4. The summed E-state index contributed by atoms with van der Waals surface area (Å²) in [6.45, 7) is 0.419. The molecule has 0 aliphatic rings. The molecule has 0 atom stereocenters. The van der Waals surface area contributed by atoms with E-state index in [1.807, 2.05) is 0 Å². The molecule has 1 heterocycles. The first-order chi connectivity index (χ1) is 8.13. The van der Waals surface area contributed by atoms with Crippen molar-refractivity contribution in [2.24, 2.45) is 7.05 Å². The SMILES string of the molecule is Cn1cnc2cc(NCCO)c(N)cc2c1=O. The van der Waals surface area contributed by atoms with Gasteiger partial charge in [-0.2, -0.15) is 0 Å². The van der Waals surface area contributed by atoms with E-state index < -0.39 is 0 Å². The van der Waals surface area contributed by atoms with Crippen LogP contribution in [0.5, 0.6) is 0 Å². The summed E-state index contributed by atoms with van der Waals surface area (Å²) in [7, 11) is 1.64. The molecule has 0 saturated carbocycles. The molecule has 1 aromatic heterocycles. The third-order valence-electron chi connectivity index (χ3n) is 2.52. The van der Waals surface area contributed by atoms with Crippen LogP contribution in [0.15, 0.2) is 23.3 Å². The summed E-state index contributed by atoms with van der Waals surface area (Å²) >= 11 is 0. The highest BCUT2D eigenvalue weighted by Gasteiger charge is 2.06. The second kappa shape index (κ2) is 4.42. The lowest BCUT2D eigenvalue weighted by Gasteiger charge is -2.09.